The lowest BCUT2D eigenvalue weighted by molar-refractivity contribution is -0.164. The predicted octanol–water partition coefficient (Wildman–Crippen LogP) is 5.38. The van der Waals surface area contributed by atoms with Gasteiger partial charge in [0.1, 0.15) is 0 Å². The van der Waals surface area contributed by atoms with Crippen molar-refractivity contribution in [3.63, 3.8) is 0 Å². The smallest absolute Gasteiger partial charge is 0.161 e. The zero-order valence-corrected chi connectivity index (χ0v) is 13.9. The average molecular weight is 293 g/mol. The fraction of sp³-hybridized carbons (Fsp3) is 1.00. The summed E-state index contributed by atoms with van der Waals surface area (Å²) in [7, 11) is 0. The van der Waals surface area contributed by atoms with Gasteiger partial charge in [-0.1, -0.05) is 51.9 Å². The van der Waals surface area contributed by atoms with Gasteiger partial charge in [-0.15, -0.1) is 11.6 Å². The topological polar surface area (TPSA) is 18.5 Å². The van der Waals surface area contributed by atoms with Crippen LogP contribution in [0.1, 0.15) is 72.1 Å². The van der Waals surface area contributed by atoms with E-state index in [1.165, 1.54) is 44.9 Å². The number of hydrogen-bond acceptors (Lipinski definition) is 2. The van der Waals surface area contributed by atoms with Crippen LogP contribution in [0.25, 0.3) is 0 Å². The molecule has 0 bridgehead atoms. The minimum absolute atomic E-state index is 0.118. The molecule has 0 amide bonds. The molecule has 116 valence electrons. The molecule has 0 spiro atoms. The summed E-state index contributed by atoms with van der Waals surface area (Å²) in [5, 5.41) is 0. The Kier molecular flexibility index (Phi) is 14.8. The second kappa shape index (κ2) is 14.6. The maximum absolute atomic E-state index is 6.06. The normalized spacial score (nSPS) is 13.1. The van der Waals surface area contributed by atoms with E-state index in [4.69, 9.17) is 21.1 Å². The van der Waals surface area contributed by atoms with E-state index in [0.29, 0.717) is 25.0 Å². The van der Waals surface area contributed by atoms with E-state index in [0.717, 1.165) is 6.42 Å². The van der Waals surface area contributed by atoms with Crippen LogP contribution in [0.15, 0.2) is 0 Å². The van der Waals surface area contributed by atoms with Crippen molar-refractivity contribution in [1.29, 1.82) is 0 Å². The first-order chi connectivity index (χ1) is 9.29. The van der Waals surface area contributed by atoms with Crippen molar-refractivity contribution in [2.45, 2.75) is 78.4 Å². The van der Waals surface area contributed by atoms with Gasteiger partial charge in [0, 0.05) is 25.0 Å². The predicted molar refractivity (Wildman–Crippen MR) is 83.9 cm³/mol. The first-order valence-corrected chi connectivity index (χ1v) is 8.62. The summed E-state index contributed by atoms with van der Waals surface area (Å²) in [4.78, 5) is 0. The van der Waals surface area contributed by atoms with E-state index < -0.39 is 0 Å². The van der Waals surface area contributed by atoms with Gasteiger partial charge in [0.2, 0.25) is 0 Å². The van der Waals surface area contributed by atoms with Crippen LogP contribution in [-0.4, -0.2) is 25.4 Å². The van der Waals surface area contributed by atoms with Crippen LogP contribution in [0.5, 0.6) is 0 Å². The zero-order chi connectivity index (χ0) is 14.3. The van der Waals surface area contributed by atoms with Crippen LogP contribution in [-0.2, 0) is 9.47 Å². The minimum atomic E-state index is -0.118. The number of unbranched alkanes of at least 4 members (excludes halogenated alkanes) is 6. The summed E-state index contributed by atoms with van der Waals surface area (Å²) in [5.74, 6) is 0.956. The van der Waals surface area contributed by atoms with Gasteiger partial charge in [-0.3, -0.25) is 0 Å². The Bertz CT molecular complexity index is 170. The largest absolute Gasteiger partial charge is 0.353 e. The highest BCUT2D eigenvalue weighted by atomic mass is 35.5. The number of rotatable bonds is 14. The SMILES string of the molecule is CCCCCCCCCC(CCl)C(OCC)OCC. The number of ether oxygens (including phenoxy) is 2. The third kappa shape index (κ3) is 10.6. The lowest BCUT2D eigenvalue weighted by Gasteiger charge is -2.25. The second-order valence-corrected chi connectivity index (χ2v) is 5.41. The van der Waals surface area contributed by atoms with Crippen molar-refractivity contribution >= 4 is 11.6 Å². The Morgan fingerprint density at radius 1 is 0.789 bits per heavy atom. The molecule has 0 aliphatic carbocycles. The Morgan fingerprint density at radius 2 is 1.32 bits per heavy atom. The Labute approximate surface area is 125 Å². The molecule has 2 nitrogen and oxygen atoms in total. The molecule has 1 atom stereocenters. The lowest BCUT2D eigenvalue weighted by atomic mass is 10.0. The van der Waals surface area contributed by atoms with Gasteiger partial charge in [-0.05, 0) is 20.3 Å². The molecule has 0 aliphatic heterocycles. The molecule has 0 aromatic heterocycles. The van der Waals surface area contributed by atoms with Crippen molar-refractivity contribution in [3.8, 4) is 0 Å². The Morgan fingerprint density at radius 3 is 1.79 bits per heavy atom. The van der Waals surface area contributed by atoms with Crippen LogP contribution in [0, 0.1) is 5.92 Å². The van der Waals surface area contributed by atoms with Crippen LogP contribution in [0.2, 0.25) is 0 Å². The Balaban J connectivity index is 3.71. The molecule has 0 fully saturated rings. The van der Waals surface area contributed by atoms with E-state index in [1.807, 2.05) is 13.8 Å². The van der Waals surface area contributed by atoms with Gasteiger partial charge in [-0.25, -0.2) is 0 Å². The standard InChI is InChI=1S/C16H33ClO2/c1-4-7-8-9-10-11-12-13-15(14-17)16(18-5-2)19-6-3/h15-16H,4-14H2,1-3H3. The molecule has 0 radical (unpaired) electrons. The van der Waals surface area contributed by atoms with Gasteiger partial charge in [0.05, 0.1) is 0 Å². The molecule has 0 aromatic rings. The highest BCUT2D eigenvalue weighted by Crippen LogP contribution is 2.20. The maximum atomic E-state index is 6.06. The molecular weight excluding hydrogens is 260 g/mol. The van der Waals surface area contributed by atoms with E-state index in [-0.39, 0.29) is 6.29 Å². The molecule has 0 saturated heterocycles. The molecule has 3 heteroatoms. The summed E-state index contributed by atoms with van der Waals surface area (Å²) < 4.78 is 11.3. The monoisotopic (exact) mass is 292 g/mol. The highest BCUT2D eigenvalue weighted by Gasteiger charge is 2.20. The van der Waals surface area contributed by atoms with E-state index in [9.17, 15) is 0 Å². The lowest BCUT2D eigenvalue weighted by Crippen LogP contribution is -2.28. The first kappa shape index (κ1) is 19.2. The molecule has 0 heterocycles. The minimum Gasteiger partial charge on any atom is -0.353 e. The fourth-order valence-corrected chi connectivity index (χ4v) is 2.60. The summed E-state index contributed by atoms with van der Waals surface area (Å²) in [5.41, 5.74) is 0. The molecule has 0 rings (SSSR count). The molecule has 1 unspecified atom stereocenters. The molecule has 0 N–H and O–H groups in total. The Hall–Kier alpha value is 0.210. The highest BCUT2D eigenvalue weighted by molar-refractivity contribution is 6.18. The summed E-state index contributed by atoms with van der Waals surface area (Å²) >= 11 is 6.06. The summed E-state index contributed by atoms with van der Waals surface area (Å²) in [6.45, 7) is 7.65. The van der Waals surface area contributed by atoms with Crippen molar-refractivity contribution in [2.75, 3.05) is 19.1 Å². The average Bonchev–Trinajstić information content (AvgIpc) is 2.42. The van der Waals surface area contributed by atoms with Crippen LogP contribution >= 0.6 is 11.6 Å². The van der Waals surface area contributed by atoms with Crippen LogP contribution in [0.3, 0.4) is 0 Å². The van der Waals surface area contributed by atoms with Crippen molar-refractivity contribution in [1.82, 2.24) is 0 Å². The van der Waals surface area contributed by atoms with E-state index in [2.05, 4.69) is 6.92 Å². The number of hydrogen-bond donors (Lipinski definition) is 0. The van der Waals surface area contributed by atoms with Gasteiger partial charge in [-0.2, -0.15) is 0 Å². The zero-order valence-electron chi connectivity index (χ0n) is 13.1. The van der Waals surface area contributed by atoms with E-state index >= 15 is 0 Å². The van der Waals surface area contributed by atoms with Gasteiger partial charge in [0.25, 0.3) is 0 Å². The van der Waals surface area contributed by atoms with Gasteiger partial charge in [0.15, 0.2) is 6.29 Å². The molecule has 0 saturated carbocycles. The van der Waals surface area contributed by atoms with E-state index in [1.54, 1.807) is 0 Å². The quantitative estimate of drug-likeness (QED) is 0.243. The molecular formula is C16H33ClO2. The van der Waals surface area contributed by atoms with Crippen molar-refractivity contribution < 1.29 is 9.47 Å². The van der Waals surface area contributed by atoms with Crippen LogP contribution < -0.4 is 0 Å². The summed E-state index contributed by atoms with van der Waals surface area (Å²) in [6, 6.07) is 0. The summed E-state index contributed by atoms with van der Waals surface area (Å²) in [6.07, 6.45) is 10.3. The maximum Gasteiger partial charge on any atom is 0.161 e. The van der Waals surface area contributed by atoms with Gasteiger partial charge >= 0.3 is 0 Å². The fourth-order valence-electron chi connectivity index (χ4n) is 2.30. The van der Waals surface area contributed by atoms with Gasteiger partial charge < -0.3 is 9.47 Å². The van der Waals surface area contributed by atoms with Crippen molar-refractivity contribution in [3.05, 3.63) is 0 Å². The van der Waals surface area contributed by atoms with Crippen LogP contribution in [0.4, 0.5) is 0 Å². The number of alkyl halides is 1. The number of halogens is 1. The molecule has 0 aliphatic rings. The third-order valence-corrected chi connectivity index (χ3v) is 3.82. The molecule has 19 heavy (non-hydrogen) atoms. The third-order valence-electron chi connectivity index (χ3n) is 3.42. The first-order valence-electron chi connectivity index (χ1n) is 8.09. The molecule has 0 aromatic carbocycles. The van der Waals surface area contributed by atoms with Crippen molar-refractivity contribution in [2.24, 2.45) is 5.92 Å². The second-order valence-electron chi connectivity index (χ2n) is 5.10.